The molecule has 1 rings (SSSR count). The molecule has 66 valence electrons. The fraction of sp³-hybridized carbons (Fsp3) is 0.375. The Bertz CT molecular complexity index is 258. The zero-order valence-electron chi connectivity index (χ0n) is 6.79. The highest BCUT2D eigenvalue weighted by Gasteiger charge is 2.19. The van der Waals surface area contributed by atoms with Gasteiger partial charge in [0.05, 0.1) is 12.1 Å². The van der Waals surface area contributed by atoms with Gasteiger partial charge in [-0.05, 0) is 18.6 Å². The van der Waals surface area contributed by atoms with Crippen molar-refractivity contribution in [1.29, 1.82) is 0 Å². The van der Waals surface area contributed by atoms with Crippen LogP contribution in [0.1, 0.15) is 12.5 Å². The molecule has 0 aliphatic heterocycles. The Labute approximate surface area is 70.0 Å². The number of hydrogen-bond donors (Lipinski definition) is 2. The molecule has 1 aromatic rings. The van der Waals surface area contributed by atoms with E-state index in [9.17, 15) is 4.39 Å². The van der Waals surface area contributed by atoms with Crippen LogP contribution in [-0.2, 0) is 5.54 Å². The summed E-state index contributed by atoms with van der Waals surface area (Å²) in [6.45, 7) is 1.46. The van der Waals surface area contributed by atoms with Gasteiger partial charge in [-0.1, -0.05) is 6.07 Å². The van der Waals surface area contributed by atoms with Crippen molar-refractivity contribution in [2.45, 2.75) is 12.5 Å². The van der Waals surface area contributed by atoms with Crippen molar-refractivity contribution in [3.8, 4) is 0 Å². The van der Waals surface area contributed by atoms with Gasteiger partial charge in [0.2, 0.25) is 5.95 Å². The monoisotopic (exact) mass is 170 g/mol. The molecule has 1 atom stereocenters. The Morgan fingerprint density at radius 1 is 1.67 bits per heavy atom. The molecule has 0 bridgehead atoms. The zero-order valence-corrected chi connectivity index (χ0v) is 6.79. The van der Waals surface area contributed by atoms with Crippen LogP contribution in [0.4, 0.5) is 4.39 Å². The molecule has 1 heterocycles. The van der Waals surface area contributed by atoms with Gasteiger partial charge in [0.1, 0.15) is 0 Å². The Balaban J connectivity index is 2.96. The van der Waals surface area contributed by atoms with Crippen LogP contribution in [0.5, 0.6) is 0 Å². The van der Waals surface area contributed by atoms with E-state index in [1.807, 2.05) is 0 Å². The van der Waals surface area contributed by atoms with Crippen molar-refractivity contribution in [2.75, 3.05) is 6.61 Å². The van der Waals surface area contributed by atoms with Gasteiger partial charge in [0.15, 0.2) is 0 Å². The third kappa shape index (κ3) is 1.78. The average molecular weight is 170 g/mol. The van der Waals surface area contributed by atoms with Gasteiger partial charge in [-0.3, -0.25) is 0 Å². The number of aromatic nitrogens is 1. The number of pyridine rings is 1. The number of rotatable bonds is 2. The smallest absolute Gasteiger partial charge is 0.212 e. The van der Waals surface area contributed by atoms with E-state index in [4.69, 9.17) is 10.8 Å². The number of aliphatic hydroxyl groups excluding tert-OH is 1. The minimum absolute atomic E-state index is 0.194. The zero-order chi connectivity index (χ0) is 9.19. The maximum absolute atomic E-state index is 12.4. The molecule has 0 saturated carbocycles. The summed E-state index contributed by atoms with van der Waals surface area (Å²) >= 11 is 0. The summed E-state index contributed by atoms with van der Waals surface area (Å²) < 4.78 is 12.4. The molecular formula is C8H11FN2O. The van der Waals surface area contributed by atoms with Crippen molar-refractivity contribution in [2.24, 2.45) is 5.73 Å². The van der Waals surface area contributed by atoms with E-state index in [1.54, 1.807) is 6.92 Å². The van der Waals surface area contributed by atoms with E-state index in [-0.39, 0.29) is 6.61 Å². The van der Waals surface area contributed by atoms with Crippen LogP contribution >= 0.6 is 0 Å². The summed E-state index contributed by atoms with van der Waals surface area (Å²) in [5, 5.41) is 8.87. The number of nitrogens with two attached hydrogens (primary N) is 1. The van der Waals surface area contributed by atoms with E-state index < -0.39 is 11.5 Å². The van der Waals surface area contributed by atoms with Crippen molar-refractivity contribution < 1.29 is 9.50 Å². The van der Waals surface area contributed by atoms with Gasteiger partial charge in [-0.2, -0.15) is 4.39 Å². The van der Waals surface area contributed by atoms with E-state index >= 15 is 0 Å². The fourth-order valence-corrected chi connectivity index (χ4v) is 0.805. The molecule has 0 aliphatic rings. The molecule has 0 amide bonds. The standard InChI is InChI=1S/C8H11FN2O/c1-8(10,5-12)6-2-3-7(9)11-4-6/h2-4,12H,5,10H2,1H3/t8-/m0/s1. The van der Waals surface area contributed by atoms with Crippen LogP contribution in [-0.4, -0.2) is 16.7 Å². The molecule has 12 heavy (non-hydrogen) atoms. The van der Waals surface area contributed by atoms with Gasteiger partial charge in [-0.25, -0.2) is 4.98 Å². The minimum Gasteiger partial charge on any atom is -0.394 e. The van der Waals surface area contributed by atoms with Crippen LogP contribution in [0.2, 0.25) is 0 Å². The second-order valence-corrected chi connectivity index (χ2v) is 2.95. The van der Waals surface area contributed by atoms with E-state index in [1.165, 1.54) is 18.3 Å². The summed E-state index contributed by atoms with van der Waals surface area (Å²) in [7, 11) is 0. The first-order valence-corrected chi connectivity index (χ1v) is 3.58. The molecule has 0 aromatic carbocycles. The van der Waals surface area contributed by atoms with Crippen molar-refractivity contribution >= 4 is 0 Å². The summed E-state index contributed by atoms with van der Waals surface area (Å²) in [6, 6.07) is 2.73. The molecule has 1 aromatic heterocycles. The van der Waals surface area contributed by atoms with Crippen molar-refractivity contribution in [3.63, 3.8) is 0 Å². The Morgan fingerprint density at radius 2 is 2.33 bits per heavy atom. The first-order valence-electron chi connectivity index (χ1n) is 3.58. The SMILES string of the molecule is C[C@](N)(CO)c1ccc(F)nc1. The topological polar surface area (TPSA) is 59.1 Å². The molecule has 4 heteroatoms. The predicted molar refractivity (Wildman–Crippen MR) is 42.8 cm³/mol. The van der Waals surface area contributed by atoms with E-state index in [0.29, 0.717) is 5.56 Å². The first-order chi connectivity index (χ1) is 5.56. The third-order valence-corrected chi connectivity index (χ3v) is 1.72. The normalized spacial score (nSPS) is 15.7. The molecular weight excluding hydrogens is 159 g/mol. The van der Waals surface area contributed by atoms with Crippen LogP contribution in [0.3, 0.4) is 0 Å². The van der Waals surface area contributed by atoms with Gasteiger partial charge in [0, 0.05) is 6.20 Å². The Kier molecular flexibility index (Phi) is 2.40. The molecule has 3 nitrogen and oxygen atoms in total. The summed E-state index contributed by atoms with van der Waals surface area (Å²) in [5.74, 6) is -0.549. The van der Waals surface area contributed by atoms with Crippen molar-refractivity contribution in [1.82, 2.24) is 4.98 Å². The molecule has 3 N–H and O–H groups in total. The number of nitrogens with zero attached hydrogens (tertiary/aromatic N) is 1. The second-order valence-electron chi connectivity index (χ2n) is 2.95. The Hall–Kier alpha value is -1.00. The fourth-order valence-electron chi connectivity index (χ4n) is 0.805. The summed E-state index contributed by atoms with van der Waals surface area (Å²) in [6.07, 6.45) is 1.32. The number of halogens is 1. The highest BCUT2D eigenvalue weighted by atomic mass is 19.1. The third-order valence-electron chi connectivity index (χ3n) is 1.72. The predicted octanol–water partition coefficient (Wildman–Crippen LogP) is 0.387. The summed E-state index contributed by atoms with van der Waals surface area (Å²) in [4.78, 5) is 3.44. The quantitative estimate of drug-likeness (QED) is 0.631. The summed E-state index contributed by atoms with van der Waals surface area (Å²) in [5.41, 5.74) is 5.45. The lowest BCUT2D eigenvalue weighted by Gasteiger charge is -2.21. The average Bonchev–Trinajstić information content (AvgIpc) is 2.05. The lowest BCUT2D eigenvalue weighted by molar-refractivity contribution is 0.209. The maximum Gasteiger partial charge on any atom is 0.212 e. The molecule has 0 aliphatic carbocycles. The number of hydrogen-bond acceptors (Lipinski definition) is 3. The van der Waals surface area contributed by atoms with Gasteiger partial charge in [0.25, 0.3) is 0 Å². The largest absolute Gasteiger partial charge is 0.394 e. The number of aliphatic hydroxyl groups is 1. The highest BCUT2D eigenvalue weighted by Crippen LogP contribution is 2.15. The van der Waals surface area contributed by atoms with Gasteiger partial charge in [-0.15, -0.1) is 0 Å². The molecule has 0 saturated heterocycles. The van der Waals surface area contributed by atoms with Crippen LogP contribution in [0.25, 0.3) is 0 Å². The first kappa shape index (κ1) is 9.09. The Morgan fingerprint density at radius 3 is 2.75 bits per heavy atom. The van der Waals surface area contributed by atoms with Crippen LogP contribution in [0.15, 0.2) is 18.3 Å². The van der Waals surface area contributed by atoms with Gasteiger partial charge < -0.3 is 10.8 Å². The molecule has 0 radical (unpaired) electrons. The van der Waals surface area contributed by atoms with Gasteiger partial charge >= 0.3 is 0 Å². The lowest BCUT2D eigenvalue weighted by Crippen LogP contribution is -2.37. The molecule has 0 fully saturated rings. The molecule has 0 spiro atoms. The molecule has 0 unspecified atom stereocenters. The van der Waals surface area contributed by atoms with Crippen LogP contribution < -0.4 is 5.73 Å². The van der Waals surface area contributed by atoms with Crippen LogP contribution in [0, 0.1) is 5.95 Å². The minimum atomic E-state index is -0.847. The van der Waals surface area contributed by atoms with Crippen molar-refractivity contribution in [3.05, 3.63) is 29.8 Å². The van der Waals surface area contributed by atoms with E-state index in [0.717, 1.165) is 0 Å². The second kappa shape index (κ2) is 3.16. The maximum atomic E-state index is 12.4. The van der Waals surface area contributed by atoms with E-state index in [2.05, 4.69) is 4.98 Å². The lowest BCUT2D eigenvalue weighted by atomic mass is 9.96. The highest BCUT2D eigenvalue weighted by molar-refractivity contribution is 5.19.